The fourth-order valence-corrected chi connectivity index (χ4v) is 1.19. The van der Waals surface area contributed by atoms with E-state index in [2.05, 4.69) is 5.32 Å². The average molecular weight is 206 g/mol. The molecule has 0 spiro atoms. The van der Waals surface area contributed by atoms with E-state index >= 15 is 0 Å². The van der Waals surface area contributed by atoms with Crippen LogP contribution in [-0.2, 0) is 6.54 Å². The van der Waals surface area contributed by atoms with Gasteiger partial charge in [0.2, 0.25) is 0 Å². The molecule has 80 valence electrons. The van der Waals surface area contributed by atoms with Crippen molar-refractivity contribution in [1.29, 1.82) is 0 Å². The molecule has 0 radical (unpaired) electrons. The molecule has 0 aliphatic carbocycles. The van der Waals surface area contributed by atoms with Crippen molar-refractivity contribution in [2.45, 2.75) is 25.7 Å². The Balaban J connectivity index is 2.69. The fourth-order valence-electron chi connectivity index (χ4n) is 1.19. The molecule has 0 saturated carbocycles. The summed E-state index contributed by atoms with van der Waals surface area (Å²) in [6, 6.07) is 1.76. The summed E-state index contributed by atoms with van der Waals surface area (Å²) in [4.78, 5) is 0. The molecule has 0 fully saturated rings. The zero-order valence-electron chi connectivity index (χ0n) is 8.10. The number of nitrogens with one attached hydrogen (secondary N) is 1. The van der Waals surface area contributed by atoms with Crippen LogP contribution < -0.4 is 5.32 Å². The molecule has 0 saturated heterocycles. The zero-order chi connectivity index (χ0) is 10.8. The normalized spacial score (nSPS) is 14.4. The molecular weight excluding hydrogens is 193 g/mol. The van der Waals surface area contributed by atoms with Gasteiger partial charge in [-0.05, 0) is 25.6 Å². The van der Waals surface area contributed by atoms with Gasteiger partial charge in [-0.1, -0.05) is 0 Å². The Morgan fingerprint density at radius 1 is 1.50 bits per heavy atom. The predicted octanol–water partition coefficient (Wildman–Crippen LogP) is 2.33. The summed E-state index contributed by atoms with van der Waals surface area (Å²) in [6.45, 7) is 0.969. The molecule has 1 aromatic rings. The quantitative estimate of drug-likeness (QED) is 0.803. The van der Waals surface area contributed by atoms with Crippen molar-refractivity contribution >= 4 is 0 Å². The molecule has 0 aromatic carbocycles. The minimum absolute atomic E-state index is 0.0736. The van der Waals surface area contributed by atoms with Gasteiger partial charge in [-0.25, -0.2) is 0 Å². The Hall–Kier alpha value is -0.970. The monoisotopic (exact) mass is 206 g/mol. The van der Waals surface area contributed by atoms with Crippen molar-refractivity contribution in [3.05, 3.63) is 24.0 Å². The second kappa shape index (κ2) is 4.04. The van der Waals surface area contributed by atoms with Crippen molar-refractivity contribution in [3.63, 3.8) is 0 Å². The van der Waals surface area contributed by atoms with Gasteiger partial charge in [0, 0.05) is 18.4 Å². The van der Waals surface area contributed by atoms with Gasteiger partial charge in [0.1, 0.15) is 6.54 Å². The lowest BCUT2D eigenvalue weighted by atomic mass is 10.2. The van der Waals surface area contributed by atoms with Gasteiger partial charge in [0.15, 0.2) is 0 Å². The summed E-state index contributed by atoms with van der Waals surface area (Å²) in [5, 5.41) is 2.96. The minimum atomic E-state index is -4.15. The van der Waals surface area contributed by atoms with E-state index in [4.69, 9.17) is 0 Å². The summed E-state index contributed by atoms with van der Waals surface area (Å²) in [7, 11) is 1.77. The summed E-state index contributed by atoms with van der Waals surface area (Å²) >= 11 is 0. The highest BCUT2D eigenvalue weighted by Crippen LogP contribution is 2.19. The van der Waals surface area contributed by atoms with Gasteiger partial charge >= 0.3 is 6.18 Å². The first-order valence-corrected chi connectivity index (χ1v) is 4.32. The first-order chi connectivity index (χ1) is 6.42. The van der Waals surface area contributed by atoms with E-state index in [9.17, 15) is 13.2 Å². The van der Waals surface area contributed by atoms with Crippen LogP contribution in [0.25, 0.3) is 0 Å². The Labute approximate surface area is 80.7 Å². The topological polar surface area (TPSA) is 17.0 Å². The van der Waals surface area contributed by atoms with Crippen LogP contribution in [0.3, 0.4) is 0 Å². The number of aromatic nitrogens is 1. The van der Waals surface area contributed by atoms with Crippen molar-refractivity contribution in [2.24, 2.45) is 0 Å². The number of rotatable bonds is 3. The summed E-state index contributed by atoms with van der Waals surface area (Å²) in [5.41, 5.74) is 0.858. The molecule has 1 aromatic heterocycles. The highest BCUT2D eigenvalue weighted by molar-refractivity contribution is 5.14. The number of halogens is 3. The van der Waals surface area contributed by atoms with E-state index in [1.165, 1.54) is 12.4 Å². The number of nitrogens with zero attached hydrogens (tertiary/aromatic N) is 1. The maximum Gasteiger partial charge on any atom is 0.406 e. The zero-order valence-corrected chi connectivity index (χ0v) is 8.10. The third-order valence-electron chi connectivity index (χ3n) is 2.07. The van der Waals surface area contributed by atoms with Gasteiger partial charge in [0.25, 0.3) is 0 Å². The first-order valence-electron chi connectivity index (χ1n) is 4.32. The average Bonchev–Trinajstić information content (AvgIpc) is 2.48. The molecule has 1 unspecified atom stereocenters. The molecule has 5 heteroatoms. The minimum Gasteiger partial charge on any atom is -0.345 e. The van der Waals surface area contributed by atoms with Crippen LogP contribution in [-0.4, -0.2) is 17.8 Å². The van der Waals surface area contributed by atoms with Crippen LogP contribution in [0.1, 0.15) is 18.5 Å². The second-order valence-electron chi connectivity index (χ2n) is 3.24. The maximum atomic E-state index is 12.0. The van der Waals surface area contributed by atoms with Crippen LogP contribution in [0.5, 0.6) is 0 Å². The van der Waals surface area contributed by atoms with E-state index in [0.717, 1.165) is 10.1 Å². The summed E-state index contributed by atoms with van der Waals surface area (Å²) < 4.78 is 37.1. The number of hydrogen-bond acceptors (Lipinski definition) is 1. The van der Waals surface area contributed by atoms with Gasteiger partial charge in [-0.3, -0.25) is 0 Å². The Morgan fingerprint density at radius 3 is 2.64 bits per heavy atom. The molecule has 2 nitrogen and oxygen atoms in total. The van der Waals surface area contributed by atoms with E-state index in [1.807, 2.05) is 6.92 Å². The number of alkyl halides is 3. The molecular formula is C9H13F3N2. The van der Waals surface area contributed by atoms with Crippen LogP contribution in [0.2, 0.25) is 0 Å². The van der Waals surface area contributed by atoms with E-state index in [0.29, 0.717) is 0 Å². The molecule has 0 bridgehead atoms. The number of hydrogen-bond donors (Lipinski definition) is 1. The lowest BCUT2D eigenvalue weighted by molar-refractivity contribution is -0.140. The Bertz CT molecular complexity index is 290. The molecule has 1 heterocycles. The third-order valence-corrected chi connectivity index (χ3v) is 2.07. The molecule has 14 heavy (non-hydrogen) atoms. The van der Waals surface area contributed by atoms with Gasteiger partial charge < -0.3 is 9.88 Å². The largest absolute Gasteiger partial charge is 0.406 e. The lowest BCUT2D eigenvalue weighted by Gasteiger charge is -2.08. The molecule has 1 atom stereocenters. The predicted molar refractivity (Wildman–Crippen MR) is 48.0 cm³/mol. The highest BCUT2D eigenvalue weighted by Gasteiger charge is 2.27. The summed E-state index contributed by atoms with van der Waals surface area (Å²) in [6.07, 6.45) is -1.20. The second-order valence-corrected chi connectivity index (χ2v) is 3.24. The Morgan fingerprint density at radius 2 is 2.14 bits per heavy atom. The van der Waals surface area contributed by atoms with E-state index < -0.39 is 12.7 Å². The third kappa shape index (κ3) is 3.06. The molecule has 0 aliphatic rings. The smallest absolute Gasteiger partial charge is 0.345 e. The molecule has 1 N–H and O–H groups in total. The van der Waals surface area contributed by atoms with Gasteiger partial charge in [0.05, 0.1) is 0 Å². The van der Waals surface area contributed by atoms with Crippen molar-refractivity contribution in [2.75, 3.05) is 7.05 Å². The van der Waals surface area contributed by atoms with Gasteiger partial charge in [-0.2, -0.15) is 13.2 Å². The van der Waals surface area contributed by atoms with Crippen LogP contribution >= 0.6 is 0 Å². The van der Waals surface area contributed by atoms with Gasteiger partial charge in [-0.15, -0.1) is 0 Å². The highest BCUT2D eigenvalue weighted by atomic mass is 19.4. The van der Waals surface area contributed by atoms with E-state index in [-0.39, 0.29) is 6.04 Å². The summed E-state index contributed by atoms with van der Waals surface area (Å²) in [5.74, 6) is 0. The fraction of sp³-hybridized carbons (Fsp3) is 0.556. The van der Waals surface area contributed by atoms with E-state index in [1.54, 1.807) is 13.1 Å². The van der Waals surface area contributed by atoms with Crippen molar-refractivity contribution in [3.8, 4) is 0 Å². The Kier molecular flexibility index (Phi) is 3.21. The van der Waals surface area contributed by atoms with Crippen molar-refractivity contribution in [1.82, 2.24) is 9.88 Å². The van der Waals surface area contributed by atoms with Crippen LogP contribution in [0.15, 0.2) is 18.5 Å². The molecule has 0 aliphatic heterocycles. The van der Waals surface area contributed by atoms with Crippen LogP contribution in [0.4, 0.5) is 13.2 Å². The molecule has 0 amide bonds. The standard InChI is InChI=1S/C9H13F3N2/c1-7(13-2)8-3-4-14(5-8)6-9(10,11)12/h3-5,7,13H,6H2,1-2H3. The maximum absolute atomic E-state index is 12.0. The van der Waals surface area contributed by atoms with Crippen LogP contribution in [0, 0.1) is 0 Å². The SMILES string of the molecule is CNC(C)c1ccn(CC(F)(F)F)c1. The lowest BCUT2D eigenvalue weighted by Crippen LogP contribution is -2.16. The molecule has 1 rings (SSSR count). The van der Waals surface area contributed by atoms with Crippen molar-refractivity contribution < 1.29 is 13.2 Å². The first kappa shape index (κ1) is 11.1.